The summed E-state index contributed by atoms with van der Waals surface area (Å²) in [6.45, 7) is 2.07. The van der Waals surface area contributed by atoms with Crippen molar-refractivity contribution < 1.29 is 23.6 Å². The maximum absolute atomic E-state index is 14.0. The van der Waals surface area contributed by atoms with Gasteiger partial charge in [-0.2, -0.15) is 0 Å². The summed E-state index contributed by atoms with van der Waals surface area (Å²) in [5.41, 5.74) is 2.27. The third-order valence-corrected chi connectivity index (χ3v) is 5.54. The minimum Gasteiger partial charge on any atom is -0.372 e. The molecular formula is C22H21ClFN3O4. The minimum absolute atomic E-state index is 0.0548. The van der Waals surface area contributed by atoms with Crippen molar-refractivity contribution in [2.45, 2.75) is 12.5 Å². The van der Waals surface area contributed by atoms with Crippen LogP contribution in [0.4, 0.5) is 4.39 Å². The van der Waals surface area contributed by atoms with Gasteiger partial charge in [0.25, 0.3) is 5.91 Å². The number of hydrogen-bond acceptors (Lipinski definition) is 6. The highest BCUT2D eigenvalue weighted by molar-refractivity contribution is 6.30. The normalized spacial score (nSPS) is 21.2. The maximum Gasteiger partial charge on any atom is 0.341 e. The molecule has 1 saturated heterocycles. The largest absolute Gasteiger partial charge is 0.372 e. The maximum atomic E-state index is 14.0. The van der Waals surface area contributed by atoms with Gasteiger partial charge in [0.2, 0.25) is 0 Å². The fraction of sp³-hybridized carbons (Fsp3) is 0.318. The number of ether oxygens (including phenoxy) is 1. The number of carbonyl (C=O) groups excluding carboxylic acids is 2. The van der Waals surface area contributed by atoms with Crippen LogP contribution in [0.5, 0.6) is 0 Å². The molecule has 4 rings (SSSR count). The average Bonchev–Trinajstić information content (AvgIpc) is 3.07. The number of nitrogens with zero attached hydrogens (tertiary/aromatic N) is 1. The average molecular weight is 446 g/mol. The highest BCUT2D eigenvalue weighted by Gasteiger charge is 2.27. The second kappa shape index (κ2) is 9.55. The van der Waals surface area contributed by atoms with E-state index in [4.69, 9.17) is 16.3 Å². The van der Waals surface area contributed by atoms with Crippen molar-refractivity contribution in [3.05, 3.63) is 70.0 Å². The highest BCUT2D eigenvalue weighted by atomic mass is 35.5. The second-order valence-corrected chi connectivity index (χ2v) is 7.81. The summed E-state index contributed by atoms with van der Waals surface area (Å²) in [5.74, 6) is -1.30. The molecule has 0 radical (unpaired) electrons. The van der Waals surface area contributed by atoms with Crippen LogP contribution in [0, 0.1) is 11.7 Å². The molecule has 2 aromatic carbocycles. The molecule has 7 nitrogen and oxygen atoms in total. The Morgan fingerprint density at radius 2 is 2.16 bits per heavy atom. The summed E-state index contributed by atoms with van der Waals surface area (Å²) in [6.07, 6.45) is -0.306. The van der Waals surface area contributed by atoms with E-state index in [1.807, 2.05) is 0 Å². The van der Waals surface area contributed by atoms with Crippen LogP contribution in [0.1, 0.15) is 34.0 Å². The molecule has 31 heavy (non-hydrogen) atoms. The lowest BCUT2D eigenvalue weighted by atomic mass is 9.95. The van der Waals surface area contributed by atoms with Gasteiger partial charge in [-0.3, -0.25) is 4.79 Å². The van der Waals surface area contributed by atoms with E-state index in [1.54, 1.807) is 30.3 Å². The zero-order valence-electron chi connectivity index (χ0n) is 16.6. The number of nitrogens with one attached hydrogen (secondary N) is 2. The smallest absolute Gasteiger partial charge is 0.341 e. The molecule has 0 aliphatic carbocycles. The topological polar surface area (TPSA) is 89.0 Å². The van der Waals surface area contributed by atoms with Crippen LogP contribution in [-0.2, 0) is 14.4 Å². The number of halogens is 2. The lowest BCUT2D eigenvalue weighted by Gasteiger charge is -2.25. The Morgan fingerprint density at radius 3 is 2.94 bits per heavy atom. The molecule has 0 unspecified atom stereocenters. The van der Waals surface area contributed by atoms with Gasteiger partial charge in [0.05, 0.1) is 29.9 Å². The van der Waals surface area contributed by atoms with E-state index in [9.17, 15) is 14.0 Å². The number of oxime groups is 1. The molecule has 162 valence electrons. The predicted molar refractivity (Wildman–Crippen MR) is 112 cm³/mol. The Labute approximate surface area is 183 Å². The molecular weight excluding hydrogens is 425 g/mol. The van der Waals surface area contributed by atoms with E-state index in [0.717, 1.165) is 0 Å². The lowest BCUT2D eigenvalue weighted by molar-refractivity contribution is -0.140. The molecule has 1 amide bonds. The Hall–Kier alpha value is -2.81. The third-order valence-electron chi connectivity index (χ3n) is 5.24. The predicted octanol–water partition coefficient (Wildman–Crippen LogP) is 2.84. The molecule has 1 fully saturated rings. The van der Waals surface area contributed by atoms with Gasteiger partial charge in [-0.25, -0.2) is 9.18 Å². The number of benzene rings is 2. The summed E-state index contributed by atoms with van der Waals surface area (Å²) in [5, 5.41) is 10.0. The van der Waals surface area contributed by atoms with Gasteiger partial charge in [-0.05, 0) is 29.8 Å². The second-order valence-electron chi connectivity index (χ2n) is 7.40. The zero-order valence-corrected chi connectivity index (χ0v) is 17.3. The van der Waals surface area contributed by atoms with E-state index in [1.165, 1.54) is 12.1 Å². The standard InChI is InChI=1S/C22H21ClFN3O4/c23-17-5-4-14(9-18(17)24)21-16(11-25-6-7-30-21)12-26-22(29)15-3-1-2-13(8-15)19-10-20(28)31-27-19/h1-5,8-9,16,21,25H,6-7,10-12H2,(H,26,29)/t16-,21-/m0/s1. The number of hydrogen-bond donors (Lipinski definition) is 2. The summed E-state index contributed by atoms with van der Waals surface area (Å²) in [7, 11) is 0. The van der Waals surface area contributed by atoms with Crippen LogP contribution < -0.4 is 10.6 Å². The van der Waals surface area contributed by atoms with E-state index in [0.29, 0.717) is 48.6 Å². The monoisotopic (exact) mass is 445 g/mol. The van der Waals surface area contributed by atoms with Gasteiger partial charge in [0, 0.05) is 36.7 Å². The van der Waals surface area contributed by atoms with Crippen molar-refractivity contribution >= 4 is 29.2 Å². The van der Waals surface area contributed by atoms with Crippen LogP contribution in [0.2, 0.25) is 5.02 Å². The number of amides is 1. The quantitative estimate of drug-likeness (QED) is 0.691. The summed E-state index contributed by atoms with van der Waals surface area (Å²) in [4.78, 5) is 28.7. The molecule has 2 atom stereocenters. The fourth-order valence-corrected chi connectivity index (χ4v) is 3.77. The molecule has 0 spiro atoms. The SMILES string of the molecule is O=C1CC(c2cccc(C(=O)NC[C@@H]3CNCCO[C@H]3c3ccc(Cl)c(F)c3)c2)=NO1. The Morgan fingerprint density at radius 1 is 1.29 bits per heavy atom. The molecule has 2 aliphatic rings. The van der Waals surface area contributed by atoms with Crippen LogP contribution in [0.3, 0.4) is 0 Å². The van der Waals surface area contributed by atoms with E-state index in [-0.39, 0.29) is 29.4 Å². The van der Waals surface area contributed by atoms with Crippen LogP contribution >= 0.6 is 11.6 Å². The summed E-state index contributed by atoms with van der Waals surface area (Å²) in [6, 6.07) is 11.5. The van der Waals surface area contributed by atoms with Crippen LogP contribution in [-0.4, -0.2) is 43.8 Å². The molecule has 0 saturated carbocycles. The number of rotatable bonds is 5. The van der Waals surface area contributed by atoms with Crippen molar-refractivity contribution in [3.8, 4) is 0 Å². The molecule has 0 aromatic heterocycles. The summed E-state index contributed by atoms with van der Waals surface area (Å²) < 4.78 is 19.9. The first-order chi connectivity index (χ1) is 15.0. The molecule has 2 aliphatic heterocycles. The molecule has 2 heterocycles. The van der Waals surface area contributed by atoms with Crippen molar-refractivity contribution in [1.82, 2.24) is 10.6 Å². The summed E-state index contributed by atoms with van der Waals surface area (Å²) >= 11 is 5.81. The Balaban J connectivity index is 1.45. The van der Waals surface area contributed by atoms with Gasteiger partial charge in [0.15, 0.2) is 0 Å². The first-order valence-electron chi connectivity index (χ1n) is 9.94. The minimum atomic E-state index is -0.503. The van der Waals surface area contributed by atoms with Gasteiger partial charge >= 0.3 is 5.97 Å². The van der Waals surface area contributed by atoms with E-state index < -0.39 is 11.8 Å². The van der Waals surface area contributed by atoms with Crippen molar-refractivity contribution in [2.75, 3.05) is 26.2 Å². The zero-order chi connectivity index (χ0) is 21.8. The first-order valence-corrected chi connectivity index (χ1v) is 10.3. The molecule has 0 bridgehead atoms. The Kier molecular flexibility index (Phi) is 6.60. The van der Waals surface area contributed by atoms with E-state index >= 15 is 0 Å². The first kappa shape index (κ1) is 21.4. The Bertz CT molecular complexity index is 1030. The van der Waals surface area contributed by atoms with Crippen molar-refractivity contribution in [3.63, 3.8) is 0 Å². The van der Waals surface area contributed by atoms with Gasteiger partial charge in [-0.15, -0.1) is 0 Å². The van der Waals surface area contributed by atoms with Gasteiger partial charge in [0.1, 0.15) is 5.82 Å². The van der Waals surface area contributed by atoms with Crippen molar-refractivity contribution in [1.29, 1.82) is 0 Å². The number of carbonyl (C=O) groups is 2. The van der Waals surface area contributed by atoms with Crippen LogP contribution in [0.15, 0.2) is 47.6 Å². The fourth-order valence-electron chi connectivity index (χ4n) is 3.65. The highest BCUT2D eigenvalue weighted by Crippen LogP contribution is 2.29. The molecule has 9 heteroatoms. The van der Waals surface area contributed by atoms with E-state index in [2.05, 4.69) is 20.6 Å². The molecule has 2 N–H and O–H groups in total. The molecule has 2 aromatic rings. The van der Waals surface area contributed by atoms with Crippen molar-refractivity contribution in [2.24, 2.45) is 11.1 Å². The van der Waals surface area contributed by atoms with Gasteiger partial charge < -0.3 is 20.2 Å². The lowest BCUT2D eigenvalue weighted by Crippen LogP contribution is -2.36. The van der Waals surface area contributed by atoms with Gasteiger partial charge in [-0.1, -0.05) is 35.0 Å². The third kappa shape index (κ3) is 5.10. The van der Waals surface area contributed by atoms with Crippen LogP contribution in [0.25, 0.3) is 0 Å².